The second-order valence-corrected chi connectivity index (χ2v) is 2.29. The highest BCUT2D eigenvalue weighted by Crippen LogP contribution is 2.08. The van der Waals surface area contributed by atoms with Gasteiger partial charge >= 0.3 is 5.63 Å². The zero-order valence-corrected chi connectivity index (χ0v) is 7.51. The zero-order chi connectivity index (χ0) is 7.68. The zero-order valence-electron chi connectivity index (χ0n) is 6.69. The van der Waals surface area contributed by atoms with E-state index in [1.807, 2.05) is 18.2 Å². The maximum Gasteiger partial charge on any atom is 0.336 e. The first kappa shape index (κ1) is 11.7. The number of hydrogen-bond acceptors (Lipinski definition) is 2. The monoisotopic (exact) mass is 200 g/mol. The molecule has 3 nitrogen and oxygen atoms in total. The summed E-state index contributed by atoms with van der Waals surface area (Å²) in [6.45, 7) is 0. The Balaban J connectivity index is 0.000000720. The highest BCUT2D eigenvalue weighted by molar-refractivity contribution is 5.85. The van der Waals surface area contributed by atoms with E-state index in [-0.39, 0.29) is 23.5 Å². The van der Waals surface area contributed by atoms with Gasteiger partial charge in [0.05, 0.1) is 0 Å². The molecule has 0 aliphatic carbocycles. The predicted molar refractivity (Wildman–Crippen MR) is 53.3 cm³/mol. The van der Waals surface area contributed by atoms with Crippen molar-refractivity contribution in [2.45, 2.75) is 0 Å². The van der Waals surface area contributed by atoms with E-state index in [1.54, 1.807) is 12.1 Å². The fraction of sp³-hybridized carbons (Fsp3) is 0. The van der Waals surface area contributed by atoms with Crippen LogP contribution in [0.15, 0.2) is 45.6 Å². The molecule has 2 aromatic rings. The Kier molecular flexibility index (Phi) is 4.17. The molecule has 0 amide bonds. The summed E-state index contributed by atoms with van der Waals surface area (Å²) in [5.74, 6) is 0. The van der Waals surface area contributed by atoms with Crippen LogP contribution in [0.1, 0.15) is 0 Å². The molecule has 1 aromatic heterocycles. The molecule has 0 saturated carbocycles. The van der Waals surface area contributed by atoms with Gasteiger partial charge in [-0.05, 0) is 12.1 Å². The van der Waals surface area contributed by atoms with Crippen molar-refractivity contribution in [3.8, 4) is 0 Å². The molecule has 70 valence electrons. The number of benzene rings is 1. The second-order valence-electron chi connectivity index (χ2n) is 2.29. The van der Waals surface area contributed by atoms with Crippen LogP contribution in [-0.2, 0) is 0 Å². The van der Waals surface area contributed by atoms with Crippen molar-refractivity contribution in [1.82, 2.24) is 0 Å². The Hall–Kier alpha value is -1.32. The van der Waals surface area contributed by atoms with E-state index >= 15 is 0 Å². The summed E-state index contributed by atoms with van der Waals surface area (Å²) in [5.41, 5.74) is 0.337. The molecule has 0 aliphatic heterocycles. The van der Waals surface area contributed by atoms with Gasteiger partial charge in [-0.2, -0.15) is 0 Å². The second kappa shape index (κ2) is 4.64. The van der Waals surface area contributed by atoms with Crippen LogP contribution in [0.25, 0.3) is 11.0 Å². The number of hydrogen-bond donors (Lipinski definition) is 0. The van der Waals surface area contributed by atoms with E-state index in [9.17, 15) is 4.79 Å². The van der Waals surface area contributed by atoms with Gasteiger partial charge in [-0.15, -0.1) is 12.4 Å². The van der Waals surface area contributed by atoms with Crippen LogP contribution in [0.3, 0.4) is 0 Å². The van der Waals surface area contributed by atoms with Gasteiger partial charge in [-0.25, -0.2) is 4.79 Å². The van der Waals surface area contributed by atoms with E-state index in [0.717, 1.165) is 5.39 Å². The smallest absolute Gasteiger partial charge is 0.336 e. The van der Waals surface area contributed by atoms with Gasteiger partial charge in [0.25, 0.3) is 0 Å². The first-order chi connectivity index (χ1) is 5.36. The molecule has 2 rings (SSSR count). The van der Waals surface area contributed by atoms with Crippen LogP contribution in [-0.4, -0.2) is 5.48 Å². The van der Waals surface area contributed by atoms with Gasteiger partial charge in [0.15, 0.2) is 0 Å². The van der Waals surface area contributed by atoms with Gasteiger partial charge in [0.2, 0.25) is 0 Å². The lowest BCUT2D eigenvalue weighted by atomic mass is 10.2. The molecule has 0 aliphatic rings. The average Bonchev–Trinajstić information content (AvgIpc) is 2.04. The van der Waals surface area contributed by atoms with E-state index in [4.69, 9.17) is 4.42 Å². The topological polar surface area (TPSA) is 61.7 Å². The molecule has 0 saturated heterocycles. The fourth-order valence-electron chi connectivity index (χ4n) is 1.01. The van der Waals surface area contributed by atoms with Crippen molar-refractivity contribution in [1.29, 1.82) is 0 Å². The van der Waals surface area contributed by atoms with Crippen molar-refractivity contribution in [2.75, 3.05) is 0 Å². The molecule has 2 N–H and O–H groups in total. The van der Waals surface area contributed by atoms with Gasteiger partial charge < -0.3 is 9.89 Å². The third kappa shape index (κ3) is 2.31. The van der Waals surface area contributed by atoms with E-state index in [0.29, 0.717) is 5.58 Å². The molecular weight excluding hydrogens is 192 g/mol. The van der Waals surface area contributed by atoms with E-state index in [1.165, 1.54) is 6.07 Å². The Morgan fingerprint density at radius 3 is 2.46 bits per heavy atom. The molecule has 0 radical (unpaired) electrons. The number of halogens is 1. The first-order valence-electron chi connectivity index (χ1n) is 3.35. The number of para-hydroxylation sites is 1. The molecule has 4 heteroatoms. The molecule has 0 fully saturated rings. The summed E-state index contributed by atoms with van der Waals surface area (Å²) in [5, 5.41) is 0.951. The Labute approximate surface area is 80.7 Å². The minimum Gasteiger partial charge on any atom is -0.423 e. The standard InChI is InChI=1S/C9H6O2.ClH.H2O/c10-9-6-5-7-3-1-2-4-8(7)11-9;;/h1-6H;1H;1H2. The van der Waals surface area contributed by atoms with Crippen LogP contribution in [0, 0.1) is 0 Å². The minimum atomic E-state index is -0.302. The van der Waals surface area contributed by atoms with Crippen LogP contribution in [0.2, 0.25) is 0 Å². The SMILES string of the molecule is Cl.O.O=c1ccc2ccccc2o1. The summed E-state index contributed by atoms with van der Waals surface area (Å²) in [6.07, 6.45) is 0. The normalized spacial score (nSPS) is 8.62. The summed E-state index contributed by atoms with van der Waals surface area (Å²) >= 11 is 0. The highest BCUT2D eigenvalue weighted by atomic mass is 35.5. The molecule has 1 heterocycles. The first-order valence-corrected chi connectivity index (χ1v) is 3.35. The molecule has 1 aromatic carbocycles. The van der Waals surface area contributed by atoms with Gasteiger partial charge in [-0.1, -0.05) is 18.2 Å². The summed E-state index contributed by atoms with van der Waals surface area (Å²) in [6, 6.07) is 10.6. The van der Waals surface area contributed by atoms with Crippen molar-refractivity contribution < 1.29 is 9.89 Å². The molecule has 0 atom stereocenters. The molecule has 0 bridgehead atoms. The highest BCUT2D eigenvalue weighted by Gasteiger charge is 1.92. The minimum absolute atomic E-state index is 0. The Bertz CT molecular complexity index is 436. The van der Waals surface area contributed by atoms with Crippen molar-refractivity contribution in [3.05, 3.63) is 46.8 Å². The van der Waals surface area contributed by atoms with Crippen LogP contribution in [0.5, 0.6) is 0 Å². The van der Waals surface area contributed by atoms with Gasteiger partial charge in [-0.3, -0.25) is 0 Å². The van der Waals surface area contributed by atoms with Crippen LogP contribution in [0.4, 0.5) is 0 Å². The van der Waals surface area contributed by atoms with E-state index in [2.05, 4.69) is 0 Å². The molecule has 0 spiro atoms. The third-order valence-corrected chi connectivity index (χ3v) is 1.53. The van der Waals surface area contributed by atoms with Crippen molar-refractivity contribution in [2.24, 2.45) is 0 Å². The van der Waals surface area contributed by atoms with Crippen molar-refractivity contribution >= 4 is 23.4 Å². The Morgan fingerprint density at radius 2 is 1.69 bits per heavy atom. The maximum atomic E-state index is 10.7. The average molecular weight is 201 g/mol. The largest absolute Gasteiger partial charge is 0.423 e. The fourth-order valence-corrected chi connectivity index (χ4v) is 1.01. The lowest BCUT2D eigenvalue weighted by Gasteiger charge is -1.91. The van der Waals surface area contributed by atoms with Gasteiger partial charge in [0.1, 0.15) is 5.58 Å². The molecule has 13 heavy (non-hydrogen) atoms. The lowest BCUT2D eigenvalue weighted by molar-refractivity contribution is 0.561. The molecule has 0 unspecified atom stereocenters. The van der Waals surface area contributed by atoms with E-state index < -0.39 is 0 Å². The van der Waals surface area contributed by atoms with Gasteiger partial charge in [0, 0.05) is 11.5 Å². The summed E-state index contributed by atoms with van der Waals surface area (Å²) < 4.78 is 4.91. The molecular formula is C9H9ClO3. The van der Waals surface area contributed by atoms with Crippen LogP contribution < -0.4 is 5.63 Å². The maximum absolute atomic E-state index is 10.7. The number of rotatable bonds is 0. The Morgan fingerprint density at radius 1 is 1.00 bits per heavy atom. The predicted octanol–water partition coefficient (Wildman–Crippen LogP) is 1.39. The van der Waals surface area contributed by atoms with Crippen LogP contribution >= 0.6 is 12.4 Å². The number of fused-ring (bicyclic) bond motifs is 1. The quantitative estimate of drug-likeness (QED) is 0.604. The van der Waals surface area contributed by atoms with Crippen molar-refractivity contribution in [3.63, 3.8) is 0 Å². The summed E-state index contributed by atoms with van der Waals surface area (Å²) in [7, 11) is 0. The summed E-state index contributed by atoms with van der Waals surface area (Å²) in [4.78, 5) is 10.7. The third-order valence-electron chi connectivity index (χ3n) is 1.53. The lowest BCUT2D eigenvalue weighted by Crippen LogP contribution is -1.93.